The molecule has 3 atom stereocenters. The van der Waals surface area contributed by atoms with Gasteiger partial charge in [0, 0.05) is 46.1 Å². The molecule has 0 bridgehead atoms. The summed E-state index contributed by atoms with van der Waals surface area (Å²) in [4.78, 5) is 6.52. The van der Waals surface area contributed by atoms with Crippen LogP contribution in [0.4, 0.5) is 0 Å². The minimum absolute atomic E-state index is 0.0186. The Balaban J connectivity index is 1.48. The Morgan fingerprint density at radius 2 is 1.83 bits per heavy atom. The number of nitrogens with zero attached hydrogens (tertiary/aromatic N) is 3. The van der Waals surface area contributed by atoms with E-state index in [9.17, 15) is 5.26 Å². The van der Waals surface area contributed by atoms with Gasteiger partial charge >= 0.3 is 0 Å². The molecule has 3 aliphatic rings. The van der Waals surface area contributed by atoms with E-state index in [2.05, 4.69) is 76.5 Å². The van der Waals surface area contributed by atoms with Crippen LogP contribution in [0.3, 0.4) is 0 Å². The summed E-state index contributed by atoms with van der Waals surface area (Å²) in [6, 6.07) is 21.1. The molecule has 2 aromatic carbocycles. The topological polar surface area (TPSA) is 53.1 Å². The molecule has 4 nitrogen and oxygen atoms in total. The highest BCUT2D eigenvalue weighted by Gasteiger charge is 2.42. The molecule has 41 heavy (non-hydrogen) atoms. The summed E-state index contributed by atoms with van der Waals surface area (Å²) in [5.74, 6) is 3.06. The lowest BCUT2D eigenvalue weighted by Gasteiger charge is -2.37. The van der Waals surface area contributed by atoms with Crippen LogP contribution >= 0.6 is 0 Å². The van der Waals surface area contributed by atoms with Gasteiger partial charge in [0.15, 0.2) is 0 Å². The molecule has 2 aliphatic carbocycles. The summed E-state index contributed by atoms with van der Waals surface area (Å²) in [7, 11) is 0. The Bertz CT molecular complexity index is 1970. The van der Waals surface area contributed by atoms with Gasteiger partial charge in [-0.25, -0.2) is 0 Å². The van der Waals surface area contributed by atoms with Gasteiger partial charge in [0.25, 0.3) is 0 Å². The van der Waals surface area contributed by atoms with Crippen molar-refractivity contribution >= 4 is 27.5 Å². The molecule has 196 valence electrons. The van der Waals surface area contributed by atoms with E-state index < -0.39 is 0 Å². The maximum atomic E-state index is 10.7. The molecule has 4 aromatic rings. The van der Waals surface area contributed by atoms with Gasteiger partial charge in [-0.2, -0.15) is 5.26 Å². The number of hydrogen-bond acceptors (Lipinski definition) is 4. The number of fused-ring (bicyclic) bond motifs is 4. The van der Waals surface area contributed by atoms with E-state index in [1.807, 2.05) is 61.8 Å². The van der Waals surface area contributed by atoms with Crippen LogP contribution < -0.4 is 0 Å². The first-order valence-electron chi connectivity index (χ1n) is 13.9. The number of terminal acetylenes is 1. The van der Waals surface area contributed by atoms with Crippen molar-refractivity contribution in [2.24, 2.45) is 5.92 Å². The number of aromatic nitrogens is 1. The van der Waals surface area contributed by atoms with Crippen LogP contribution in [0.2, 0.25) is 0 Å². The van der Waals surface area contributed by atoms with Crippen LogP contribution in [-0.4, -0.2) is 15.9 Å². The maximum absolute atomic E-state index is 10.7. The largest absolute Gasteiger partial charge is 0.456 e. The van der Waals surface area contributed by atoms with Crippen LogP contribution in [0.5, 0.6) is 0 Å². The zero-order chi connectivity index (χ0) is 27.9. The Morgan fingerprint density at radius 1 is 1.02 bits per heavy atom. The number of nitriles is 1. The quantitative estimate of drug-likeness (QED) is 0.250. The van der Waals surface area contributed by atoms with E-state index >= 15 is 0 Å². The van der Waals surface area contributed by atoms with Crippen molar-refractivity contribution in [1.29, 1.82) is 5.26 Å². The Morgan fingerprint density at radius 3 is 2.63 bits per heavy atom. The zero-order valence-electron chi connectivity index (χ0n) is 22.7. The Hall–Kier alpha value is -5.32. The lowest BCUT2D eigenvalue weighted by molar-refractivity contribution is 0.379. The van der Waals surface area contributed by atoms with Gasteiger partial charge in [-0.05, 0) is 60.9 Å². The summed E-state index contributed by atoms with van der Waals surface area (Å²) >= 11 is 0. The summed E-state index contributed by atoms with van der Waals surface area (Å²) in [6.45, 7) is 2.00. The van der Waals surface area contributed by atoms with Gasteiger partial charge in [-0.3, -0.25) is 4.98 Å². The first-order valence-corrected chi connectivity index (χ1v) is 13.9. The molecule has 0 saturated carbocycles. The third-order valence-electron chi connectivity index (χ3n) is 8.28. The molecule has 3 heterocycles. The van der Waals surface area contributed by atoms with Crippen molar-refractivity contribution in [3.8, 4) is 18.4 Å². The van der Waals surface area contributed by atoms with Crippen LogP contribution in [0.25, 0.3) is 27.5 Å². The molecule has 0 fully saturated rings. The summed E-state index contributed by atoms with van der Waals surface area (Å²) in [6.07, 6.45) is 25.3. The maximum Gasteiger partial charge on any atom is 0.135 e. The highest BCUT2D eigenvalue weighted by Crippen LogP contribution is 2.48. The van der Waals surface area contributed by atoms with Crippen molar-refractivity contribution in [1.82, 2.24) is 9.88 Å². The molecule has 1 aliphatic heterocycles. The predicted molar refractivity (Wildman–Crippen MR) is 164 cm³/mol. The van der Waals surface area contributed by atoms with Crippen molar-refractivity contribution < 1.29 is 4.42 Å². The van der Waals surface area contributed by atoms with E-state index in [1.54, 1.807) is 0 Å². The molecular weight excluding hydrogens is 502 g/mol. The molecule has 0 spiro atoms. The third-order valence-corrected chi connectivity index (χ3v) is 8.28. The summed E-state index contributed by atoms with van der Waals surface area (Å²) in [5, 5.41) is 12.8. The van der Waals surface area contributed by atoms with E-state index in [-0.39, 0.29) is 17.9 Å². The summed E-state index contributed by atoms with van der Waals surface area (Å²) in [5.41, 5.74) is 8.44. The number of benzene rings is 2. The molecule has 0 N–H and O–H groups in total. The minimum Gasteiger partial charge on any atom is -0.456 e. The molecule has 7 rings (SSSR count). The zero-order valence-corrected chi connectivity index (χ0v) is 22.7. The van der Waals surface area contributed by atoms with E-state index in [0.717, 1.165) is 61.2 Å². The Labute approximate surface area is 239 Å². The van der Waals surface area contributed by atoms with Gasteiger partial charge in [-0.1, -0.05) is 66.6 Å². The van der Waals surface area contributed by atoms with Crippen molar-refractivity contribution in [2.45, 2.75) is 25.3 Å². The molecule has 4 heteroatoms. The first-order chi connectivity index (χ1) is 20.2. The fourth-order valence-corrected chi connectivity index (χ4v) is 6.48. The van der Waals surface area contributed by atoms with Crippen LogP contribution in [0, 0.1) is 29.6 Å². The number of rotatable bonds is 4. The van der Waals surface area contributed by atoms with Gasteiger partial charge in [-0.15, -0.1) is 6.42 Å². The van der Waals surface area contributed by atoms with Crippen LogP contribution in [0.15, 0.2) is 136 Å². The average molecular weight is 530 g/mol. The normalized spacial score (nSPS) is 22.0. The van der Waals surface area contributed by atoms with Crippen molar-refractivity contribution in [3.05, 3.63) is 143 Å². The molecule has 0 amide bonds. The van der Waals surface area contributed by atoms with E-state index in [0.29, 0.717) is 6.42 Å². The molecule has 0 radical (unpaired) electrons. The van der Waals surface area contributed by atoms with E-state index in [1.165, 1.54) is 0 Å². The molecular formula is C37H27N3O. The van der Waals surface area contributed by atoms with Crippen LogP contribution in [0.1, 0.15) is 30.4 Å². The van der Waals surface area contributed by atoms with Crippen molar-refractivity contribution in [2.75, 3.05) is 0 Å². The fraction of sp³-hybridized carbons (Fsp3) is 0.135. The lowest BCUT2D eigenvalue weighted by Crippen LogP contribution is -2.34. The molecule has 2 aromatic heterocycles. The second kappa shape index (κ2) is 10.0. The number of furan rings is 1. The predicted octanol–water partition coefficient (Wildman–Crippen LogP) is 8.22. The minimum atomic E-state index is -0.0186. The molecule has 3 unspecified atom stereocenters. The first kappa shape index (κ1) is 24.7. The van der Waals surface area contributed by atoms with Gasteiger partial charge < -0.3 is 9.32 Å². The number of hydrogen-bond donors (Lipinski definition) is 0. The van der Waals surface area contributed by atoms with E-state index in [4.69, 9.17) is 10.8 Å². The standard InChI is InChI=1S/C37H27N3O/c1-3-9-33-28(4-2)29-10-5-7-12-34(29)40(33)37-27(23-38)20-26(24-16-18-39-19-17-24)22-31(37)25-14-15-36-32(21-25)30-11-6-8-13-35(30)41-36/h2-3,5-19,21-22,26,29,34H,20H2,1H3/b9-3-. The monoisotopic (exact) mass is 529 g/mol. The van der Waals surface area contributed by atoms with Gasteiger partial charge in [0.2, 0.25) is 0 Å². The SMILES string of the molecule is C#CC1=C(/C=C\C)N(C2=C(C#N)CC(c3ccncc3)C=C2c2ccc3oc4ccccc4c3c2)C2C=CC=CC12. The molecule has 0 saturated heterocycles. The number of pyridine rings is 1. The van der Waals surface area contributed by atoms with Gasteiger partial charge in [0.05, 0.1) is 29.1 Å². The third kappa shape index (κ3) is 3.96. The highest BCUT2D eigenvalue weighted by atomic mass is 16.3. The highest BCUT2D eigenvalue weighted by molar-refractivity contribution is 6.06. The number of para-hydroxylation sites is 1. The van der Waals surface area contributed by atoms with Crippen LogP contribution in [-0.2, 0) is 0 Å². The second-order valence-corrected chi connectivity index (χ2v) is 10.5. The Kier molecular flexibility index (Phi) is 6.03. The lowest BCUT2D eigenvalue weighted by atomic mass is 9.81. The average Bonchev–Trinajstić information content (AvgIpc) is 3.55. The fourth-order valence-electron chi connectivity index (χ4n) is 6.48. The van der Waals surface area contributed by atoms with Crippen molar-refractivity contribution in [3.63, 3.8) is 0 Å². The summed E-state index contributed by atoms with van der Waals surface area (Å²) < 4.78 is 6.15. The second-order valence-electron chi connectivity index (χ2n) is 10.5. The smallest absolute Gasteiger partial charge is 0.135 e. The van der Waals surface area contributed by atoms with Gasteiger partial charge in [0.1, 0.15) is 11.2 Å². The number of allylic oxidation sites excluding steroid dienone is 7.